The van der Waals surface area contributed by atoms with E-state index in [0.29, 0.717) is 11.5 Å². The molecular weight excluding hydrogens is 328 g/mol. The van der Waals surface area contributed by atoms with Crippen LogP contribution in [0.2, 0.25) is 0 Å². The summed E-state index contributed by atoms with van der Waals surface area (Å²) in [4.78, 5) is 27.2. The molecule has 2 aromatic carbocycles. The van der Waals surface area contributed by atoms with Crippen molar-refractivity contribution >= 4 is 11.9 Å². The molecule has 3 aliphatic rings. The Bertz CT molecular complexity index is 826. The number of hydrogen-bond acceptors (Lipinski definition) is 3. The van der Waals surface area contributed by atoms with Gasteiger partial charge in [0.25, 0.3) is 5.91 Å². The van der Waals surface area contributed by atoms with Gasteiger partial charge in [-0.3, -0.25) is 4.79 Å². The van der Waals surface area contributed by atoms with Gasteiger partial charge in [-0.2, -0.15) is 0 Å². The molecule has 0 unspecified atom stereocenters. The highest BCUT2D eigenvalue weighted by molar-refractivity contribution is 6.09. The standard InChI is InChI=1S/C21H22N2O3/c24-20(22-18-13-23-11-9-15(18)10-12-23)17-8-4-7-16(19(17)21(25)26)14-5-2-1-3-6-14/h1-8,15,18H,9-13H2,(H,22,24)(H,25,26)/t18-/m0/s1. The average molecular weight is 350 g/mol. The van der Waals surface area contributed by atoms with Crippen molar-refractivity contribution in [3.8, 4) is 11.1 Å². The molecule has 3 saturated heterocycles. The number of carboxylic acid groups (broad SMARTS) is 1. The lowest BCUT2D eigenvalue weighted by Gasteiger charge is -2.45. The third-order valence-electron chi connectivity index (χ3n) is 5.58. The number of nitrogens with one attached hydrogen (secondary N) is 1. The van der Waals surface area contributed by atoms with Gasteiger partial charge in [0, 0.05) is 12.6 Å². The summed E-state index contributed by atoms with van der Waals surface area (Å²) in [5.41, 5.74) is 1.66. The van der Waals surface area contributed by atoms with E-state index in [1.54, 1.807) is 18.2 Å². The van der Waals surface area contributed by atoms with E-state index in [1.165, 1.54) is 0 Å². The molecule has 26 heavy (non-hydrogen) atoms. The molecule has 0 radical (unpaired) electrons. The van der Waals surface area contributed by atoms with Crippen molar-refractivity contribution in [1.29, 1.82) is 0 Å². The monoisotopic (exact) mass is 350 g/mol. The Hall–Kier alpha value is -2.66. The van der Waals surface area contributed by atoms with Crippen LogP contribution in [-0.4, -0.2) is 47.6 Å². The SMILES string of the molecule is O=C(N[C@H]1CN2CCC1CC2)c1cccc(-c2ccccc2)c1C(=O)O. The highest BCUT2D eigenvalue weighted by Crippen LogP contribution is 2.29. The molecule has 1 amide bonds. The van der Waals surface area contributed by atoms with Gasteiger partial charge in [-0.15, -0.1) is 0 Å². The summed E-state index contributed by atoms with van der Waals surface area (Å²) in [6.07, 6.45) is 2.20. The van der Waals surface area contributed by atoms with Crippen LogP contribution >= 0.6 is 0 Å². The van der Waals surface area contributed by atoms with E-state index in [2.05, 4.69) is 10.2 Å². The van der Waals surface area contributed by atoms with Gasteiger partial charge in [0.2, 0.25) is 0 Å². The Morgan fingerprint density at radius 2 is 1.73 bits per heavy atom. The van der Waals surface area contributed by atoms with E-state index in [4.69, 9.17) is 0 Å². The maximum Gasteiger partial charge on any atom is 0.337 e. The van der Waals surface area contributed by atoms with Crippen molar-refractivity contribution in [1.82, 2.24) is 10.2 Å². The molecule has 134 valence electrons. The quantitative estimate of drug-likeness (QED) is 0.890. The molecule has 2 N–H and O–H groups in total. The fraction of sp³-hybridized carbons (Fsp3) is 0.333. The maximum atomic E-state index is 12.9. The minimum atomic E-state index is -1.08. The van der Waals surface area contributed by atoms with E-state index in [9.17, 15) is 14.7 Å². The molecule has 0 spiro atoms. The van der Waals surface area contributed by atoms with Crippen LogP contribution in [0.3, 0.4) is 0 Å². The van der Waals surface area contributed by atoms with Crippen LogP contribution in [0.25, 0.3) is 11.1 Å². The van der Waals surface area contributed by atoms with Gasteiger partial charge >= 0.3 is 5.97 Å². The number of fused-ring (bicyclic) bond motifs is 3. The normalized spacial score (nSPS) is 24.2. The van der Waals surface area contributed by atoms with E-state index < -0.39 is 5.97 Å². The summed E-state index contributed by atoms with van der Waals surface area (Å²) in [6.45, 7) is 3.05. The van der Waals surface area contributed by atoms with Crippen LogP contribution in [0.1, 0.15) is 33.6 Å². The van der Waals surface area contributed by atoms with E-state index in [1.807, 2.05) is 30.3 Å². The third kappa shape index (κ3) is 3.10. The zero-order valence-electron chi connectivity index (χ0n) is 14.5. The van der Waals surface area contributed by atoms with Crippen LogP contribution in [0.4, 0.5) is 0 Å². The predicted octanol–water partition coefficient (Wildman–Crippen LogP) is 2.88. The zero-order valence-corrected chi connectivity index (χ0v) is 14.5. The van der Waals surface area contributed by atoms with Gasteiger partial charge in [0.05, 0.1) is 11.1 Å². The molecule has 0 saturated carbocycles. The Morgan fingerprint density at radius 3 is 2.35 bits per heavy atom. The van der Waals surface area contributed by atoms with Gasteiger partial charge in [0.1, 0.15) is 0 Å². The van der Waals surface area contributed by atoms with Crippen molar-refractivity contribution in [3.05, 3.63) is 59.7 Å². The highest BCUT2D eigenvalue weighted by Gasteiger charge is 2.35. The second-order valence-corrected chi connectivity index (χ2v) is 7.12. The summed E-state index contributed by atoms with van der Waals surface area (Å²) in [5.74, 6) is -0.878. The fourth-order valence-electron chi connectivity index (χ4n) is 4.20. The van der Waals surface area contributed by atoms with Gasteiger partial charge in [0.15, 0.2) is 0 Å². The van der Waals surface area contributed by atoms with Crippen molar-refractivity contribution in [2.75, 3.05) is 19.6 Å². The largest absolute Gasteiger partial charge is 0.478 e. The molecule has 1 atom stereocenters. The number of carbonyl (C=O) groups is 2. The van der Waals surface area contributed by atoms with Crippen LogP contribution < -0.4 is 5.32 Å². The Labute approximate surface area is 152 Å². The second-order valence-electron chi connectivity index (χ2n) is 7.12. The summed E-state index contributed by atoms with van der Waals surface area (Å²) in [7, 11) is 0. The van der Waals surface area contributed by atoms with E-state index >= 15 is 0 Å². The summed E-state index contributed by atoms with van der Waals surface area (Å²) < 4.78 is 0. The van der Waals surface area contributed by atoms with E-state index in [-0.39, 0.29) is 23.1 Å². The number of amides is 1. The summed E-state index contributed by atoms with van der Waals surface area (Å²) >= 11 is 0. The minimum absolute atomic E-state index is 0.0671. The first kappa shape index (κ1) is 16.8. The number of nitrogens with zero attached hydrogens (tertiary/aromatic N) is 1. The molecule has 3 heterocycles. The number of piperidine rings is 3. The minimum Gasteiger partial charge on any atom is -0.478 e. The first-order valence-corrected chi connectivity index (χ1v) is 9.08. The van der Waals surface area contributed by atoms with Gasteiger partial charge in [-0.1, -0.05) is 42.5 Å². The molecule has 2 bridgehead atoms. The van der Waals surface area contributed by atoms with Crippen molar-refractivity contribution < 1.29 is 14.7 Å². The van der Waals surface area contributed by atoms with Crippen LogP contribution in [0.5, 0.6) is 0 Å². The Morgan fingerprint density at radius 1 is 1.00 bits per heavy atom. The van der Waals surface area contributed by atoms with Gasteiger partial charge in [-0.05, 0) is 49.0 Å². The van der Waals surface area contributed by atoms with Crippen molar-refractivity contribution in [2.24, 2.45) is 5.92 Å². The lowest BCUT2D eigenvalue weighted by molar-refractivity contribution is 0.0611. The molecule has 5 rings (SSSR count). The zero-order chi connectivity index (χ0) is 18.1. The molecule has 5 heteroatoms. The fourth-order valence-corrected chi connectivity index (χ4v) is 4.20. The highest BCUT2D eigenvalue weighted by atomic mass is 16.4. The molecule has 0 aromatic heterocycles. The number of aromatic carboxylic acids is 1. The maximum absolute atomic E-state index is 12.9. The Balaban J connectivity index is 1.65. The van der Waals surface area contributed by atoms with Crippen molar-refractivity contribution in [3.63, 3.8) is 0 Å². The van der Waals surface area contributed by atoms with Crippen molar-refractivity contribution in [2.45, 2.75) is 18.9 Å². The molecule has 3 fully saturated rings. The number of benzene rings is 2. The molecular formula is C21H22N2O3. The van der Waals surface area contributed by atoms with E-state index in [0.717, 1.165) is 38.0 Å². The molecule has 0 aliphatic carbocycles. The second kappa shape index (κ2) is 6.92. The van der Waals surface area contributed by atoms with Crippen LogP contribution in [0, 0.1) is 5.92 Å². The first-order chi connectivity index (χ1) is 12.6. The first-order valence-electron chi connectivity index (χ1n) is 9.08. The lowest BCUT2D eigenvalue weighted by atomic mass is 9.84. The number of carbonyl (C=O) groups excluding carboxylic acids is 1. The van der Waals surface area contributed by atoms with Crippen LogP contribution in [0.15, 0.2) is 48.5 Å². The third-order valence-corrected chi connectivity index (χ3v) is 5.58. The smallest absolute Gasteiger partial charge is 0.337 e. The Kier molecular flexibility index (Phi) is 4.47. The predicted molar refractivity (Wildman–Crippen MR) is 99.3 cm³/mol. The number of carboxylic acids is 1. The lowest BCUT2D eigenvalue weighted by Crippen LogP contribution is -2.57. The average Bonchev–Trinajstić information content (AvgIpc) is 2.69. The number of rotatable bonds is 4. The molecule has 5 nitrogen and oxygen atoms in total. The van der Waals surface area contributed by atoms with Crippen LogP contribution in [-0.2, 0) is 0 Å². The summed E-state index contributed by atoms with van der Waals surface area (Å²) in [6, 6.07) is 14.5. The molecule has 3 aliphatic heterocycles. The molecule has 2 aromatic rings. The van der Waals surface area contributed by atoms with Gasteiger partial charge in [-0.25, -0.2) is 4.79 Å². The number of hydrogen-bond donors (Lipinski definition) is 2. The summed E-state index contributed by atoms with van der Waals surface area (Å²) in [5, 5.41) is 12.9. The van der Waals surface area contributed by atoms with Gasteiger partial charge < -0.3 is 15.3 Å². The topological polar surface area (TPSA) is 69.6 Å².